The number of hydrogen-bond acceptors (Lipinski definition) is 2. The number of hydrogen-bond donors (Lipinski definition) is 0. The number of alkyl halides is 8. The summed E-state index contributed by atoms with van der Waals surface area (Å²) in [5.41, 5.74) is 0. The van der Waals surface area contributed by atoms with E-state index in [4.69, 9.17) is 0 Å². The van der Waals surface area contributed by atoms with Crippen molar-refractivity contribution in [2.45, 2.75) is 43.7 Å². The molecule has 10 heteroatoms. The molecule has 102 valence electrons. The van der Waals surface area contributed by atoms with E-state index in [1.807, 2.05) is 0 Å². The number of halogens is 8. The zero-order chi connectivity index (χ0) is 13.9. The van der Waals surface area contributed by atoms with Gasteiger partial charge in [-0.3, -0.25) is 4.74 Å². The van der Waals surface area contributed by atoms with Gasteiger partial charge in [0.2, 0.25) is 0 Å². The SMILES string of the molecule is CC(F)(F)C1(F)OC(F)(F)OC(C)(F)C1(F)F. The maximum Gasteiger partial charge on any atom is 0.491 e. The number of ether oxygens (including phenoxy) is 2. The molecule has 2 unspecified atom stereocenters. The average molecular weight is 274 g/mol. The van der Waals surface area contributed by atoms with Crippen molar-refractivity contribution in [2.24, 2.45) is 0 Å². The molecule has 0 aromatic carbocycles. The van der Waals surface area contributed by atoms with E-state index in [1.165, 1.54) is 0 Å². The first-order valence-corrected chi connectivity index (χ1v) is 4.08. The van der Waals surface area contributed by atoms with E-state index in [2.05, 4.69) is 9.47 Å². The van der Waals surface area contributed by atoms with Crippen LogP contribution in [0, 0.1) is 0 Å². The summed E-state index contributed by atoms with van der Waals surface area (Å²) >= 11 is 0. The predicted molar refractivity (Wildman–Crippen MR) is 36.0 cm³/mol. The minimum Gasteiger partial charge on any atom is -0.252 e. The molecule has 0 spiro atoms. The molecule has 0 amide bonds. The first kappa shape index (κ1) is 14.4. The van der Waals surface area contributed by atoms with Gasteiger partial charge in [0.15, 0.2) is 0 Å². The summed E-state index contributed by atoms with van der Waals surface area (Å²) in [6, 6.07) is 0. The fraction of sp³-hybridized carbons (Fsp3) is 1.00. The summed E-state index contributed by atoms with van der Waals surface area (Å²) in [4.78, 5) is 0. The highest BCUT2D eigenvalue weighted by Gasteiger charge is 2.84. The Kier molecular flexibility index (Phi) is 2.73. The Hall–Kier alpha value is -0.640. The maximum atomic E-state index is 13.3. The molecule has 1 aliphatic heterocycles. The van der Waals surface area contributed by atoms with Gasteiger partial charge in [0, 0.05) is 13.8 Å². The van der Waals surface area contributed by atoms with E-state index < -0.39 is 36.8 Å². The van der Waals surface area contributed by atoms with Gasteiger partial charge in [-0.2, -0.15) is 13.2 Å². The van der Waals surface area contributed by atoms with Gasteiger partial charge in [-0.15, -0.1) is 8.78 Å². The van der Waals surface area contributed by atoms with Crippen LogP contribution < -0.4 is 0 Å². The highest BCUT2D eigenvalue weighted by atomic mass is 19.3. The van der Waals surface area contributed by atoms with Crippen molar-refractivity contribution < 1.29 is 44.6 Å². The maximum absolute atomic E-state index is 13.3. The zero-order valence-electron chi connectivity index (χ0n) is 8.34. The minimum atomic E-state index is -5.64. The second-order valence-corrected chi connectivity index (χ2v) is 3.64. The first-order valence-electron chi connectivity index (χ1n) is 4.08. The lowest BCUT2D eigenvalue weighted by Gasteiger charge is -2.47. The average Bonchev–Trinajstić information content (AvgIpc) is 1.95. The van der Waals surface area contributed by atoms with E-state index in [0.717, 1.165) is 0 Å². The molecule has 0 radical (unpaired) electrons. The zero-order valence-corrected chi connectivity index (χ0v) is 8.34. The smallest absolute Gasteiger partial charge is 0.252 e. The second-order valence-electron chi connectivity index (χ2n) is 3.64. The molecule has 0 aromatic rings. The largest absolute Gasteiger partial charge is 0.491 e. The fourth-order valence-corrected chi connectivity index (χ4v) is 1.19. The van der Waals surface area contributed by atoms with Gasteiger partial charge in [-0.05, 0) is 0 Å². The van der Waals surface area contributed by atoms with Crippen LogP contribution in [0.4, 0.5) is 35.1 Å². The molecular weight excluding hydrogens is 268 g/mol. The molecule has 2 nitrogen and oxygen atoms in total. The van der Waals surface area contributed by atoms with Crippen LogP contribution in [-0.2, 0) is 9.47 Å². The van der Waals surface area contributed by atoms with Crippen molar-refractivity contribution in [1.29, 1.82) is 0 Å². The Morgan fingerprint density at radius 2 is 1.29 bits per heavy atom. The Morgan fingerprint density at radius 3 is 1.65 bits per heavy atom. The van der Waals surface area contributed by atoms with Gasteiger partial charge >= 0.3 is 24.0 Å². The molecule has 17 heavy (non-hydrogen) atoms. The molecule has 1 rings (SSSR count). The lowest BCUT2D eigenvalue weighted by molar-refractivity contribution is -0.587. The van der Waals surface area contributed by atoms with E-state index in [1.54, 1.807) is 0 Å². The van der Waals surface area contributed by atoms with E-state index in [0.29, 0.717) is 0 Å². The van der Waals surface area contributed by atoms with Crippen molar-refractivity contribution in [2.75, 3.05) is 0 Å². The van der Waals surface area contributed by atoms with Crippen molar-refractivity contribution in [3.8, 4) is 0 Å². The van der Waals surface area contributed by atoms with Crippen LogP contribution in [0.5, 0.6) is 0 Å². The summed E-state index contributed by atoms with van der Waals surface area (Å²) < 4.78 is 108. The van der Waals surface area contributed by atoms with Crippen molar-refractivity contribution in [3.05, 3.63) is 0 Å². The molecule has 1 heterocycles. The third-order valence-corrected chi connectivity index (χ3v) is 2.10. The molecule has 1 saturated heterocycles. The highest BCUT2D eigenvalue weighted by Crippen LogP contribution is 2.58. The minimum absolute atomic E-state index is 0.302. The number of rotatable bonds is 1. The van der Waals surface area contributed by atoms with Crippen LogP contribution in [0.1, 0.15) is 13.8 Å². The second kappa shape index (κ2) is 3.22. The third-order valence-electron chi connectivity index (χ3n) is 2.10. The summed E-state index contributed by atoms with van der Waals surface area (Å²) in [6.07, 6.45) is -5.25. The lowest BCUT2D eigenvalue weighted by atomic mass is 9.97. The highest BCUT2D eigenvalue weighted by molar-refractivity contribution is 5.04. The first-order chi connectivity index (χ1) is 7.16. The molecule has 0 aliphatic carbocycles. The van der Waals surface area contributed by atoms with Crippen LogP contribution in [0.2, 0.25) is 0 Å². The van der Waals surface area contributed by atoms with Crippen LogP contribution in [0.25, 0.3) is 0 Å². The molecule has 0 bridgehead atoms. The molecule has 1 fully saturated rings. The van der Waals surface area contributed by atoms with Crippen LogP contribution in [0.3, 0.4) is 0 Å². The Bertz CT molecular complexity index is 322. The summed E-state index contributed by atoms with van der Waals surface area (Å²) in [5.74, 6) is -20.9. The monoisotopic (exact) mass is 274 g/mol. The molecule has 0 saturated carbocycles. The fourth-order valence-electron chi connectivity index (χ4n) is 1.19. The quantitative estimate of drug-likeness (QED) is 0.683. The molecule has 0 aromatic heterocycles. The topological polar surface area (TPSA) is 18.5 Å². The third kappa shape index (κ3) is 1.86. The predicted octanol–water partition coefficient (Wildman–Crippen LogP) is 3.23. The van der Waals surface area contributed by atoms with Crippen molar-refractivity contribution >= 4 is 0 Å². The summed E-state index contributed by atoms with van der Waals surface area (Å²) in [7, 11) is 0. The normalized spacial score (nSPS) is 41.3. The van der Waals surface area contributed by atoms with E-state index >= 15 is 0 Å². The Morgan fingerprint density at radius 1 is 0.882 bits per heavy atom. The summed E-state index contributed by atoms with van der Waals surface area (Å²) in [5, 5.41) is 0. The van der Waals surface area contributed by atoms with Gasteiger partial charge in [0.25, 0.3) is 5.85 Å². The van der Waals surface area contributed by atoms with Gasteiger partial charge in [0.05, 0.1) is 0 Å². The van der Waals surface area contributed by atoms with Gasteiger partial charge in [-0.25, -0.2) is 17.9 Å². The van der Waals surface area contributed by atoms with Crippen molar-refractivity contribution in [3.63, 3.8) is 0 Å². The summed E-state index contributed by atoms with van der Waals surface area (Å²) in [6.45, 7) is -0.748. The van der Waals surface area contributed by atoms with Crippen LogP contribution in [-0.4, -0.2) is 29.8 Å². The van der Waals surface area contributed by atoms with E-state index in [-0.39, 0.29) is 6.92 Å². The van der Waals surface area contributed by atoms with Crippen LogP contribution in [0.15, 0.2) is 0 Å². The molecular formula is C7H6F8O2. The Balaban J connectivity index is 3.37. The molecule has 2 atom stereocenters. The standard InChI is InChI=1S/C7H6F8O2/c1-3(8,9)6(13)5(11,12)4(2,10)16-7(14,15)17-6/h1-2H3. The van der Waals surface area contributed by atoms with E-state index in [9.17, 15) is 35.1 Å². The molecule has 0 N–H and O–H groups in total. The van der Waals surface area contributed by atoms with Gasteiger partial charge in [0.1, 0.15) is 0 Å². The van der Waals surface area contributed by atoms with Gasteiger partial charge < -0.3 is 0 Å². The van der Waals surface area contributed by atoms with Crippen molar-refractivity contribution in [1.82, 2.24) is 0 Å². The molecule has 1 aliphatic rings. The Labute approximate surface area is 89.5 Å². The lowest BCUT2D eigenvalue weighted by Crippen LogP contribution is -2.72. The van der Waals surface area contributed by atoms with Crippen LogP contribution >= 0.6 is 0 Å². The van der Waals surface area contributed by atoms with Gasteiger partial charge in [-0.1, -0.05) is 0 Å².